The summed E-state index contributed by atoms with van der Waals surface area (Å²) in [6, 6.07) is 14.9. The van der Waals surface area contributed by atoms with Crippen LogP contribution in [-0.2, 0) is 16.1 Å². The lowest BCUT2D eigenvalue weighted by Gasteiger charge is -2.16. The van der Waals surface area contributed by atoms with Crippen molar-refractivity contribution in [3.8, 4) is 16.9 Å². The number of hydrogen-bond acceptors (Lipinski definition) is 8. The van der Waals surface area contributed by atoms with Gasteiger partial charge in [0.1, 0.15) is 16.3 Å². The molecule has 0 fully saturated rings. The average molecular weight is 571 g/mol. The molecular formula is C27H27ClN4O4S2. The largest absolute Gasteiger partial charge is 0.483 e. The van der Waals surface area contributed by atoms with E-state index in [-0.39, 0.29) is 17.8 Å². The predicted molar refractivity (Wildman–Crippen MR) is 151 cm³/mol. The number of esters is 1. The van der Waals surface area contributed by atoms with Gasteiger partial charge in [-0.05, 0) is 56.2 Å². The van der Waals surface area contributed by atoms with E-state index in [0.717, 1.165) is 16.9 Å². The zero-order chi connectivity index (χ0) is 27.2. The molecule has 0 aliphatic heterocycles. The highest BCUT2D eigenvalue weighted by atomic mass is 35.5. The fourth-order valence-electron chi connectivity index (χ4n) is 3.84. The lowest BCUT2D eigenvalue weighted by atomic mass is 10.0. The van der Waals surface area contributed by atoms with E-state index in [1.807, 2.05) is 67.1 Å². The Balaban J connectivity index is 1.45. The standard InChI is InChI=1S/C27H27ClN4O4S2/c1-5-32-24(17(3)36-20-8-6-7-16(2)13-20)30-31-27(32)38-15-22(33)29-25-23(26(34)35-4)21(14-37-25)18-9-11-19(28)12-10-18/h6-14,17H,5,15H2,1-4H3,(H,29,33). The molecule has 4 aromatic rings. The number of amides is 1. The molecule has 1 unspecified atom stereocenters. The molecule has 0 saturated heterocycles. The molecule has 0 aliphatic carbocycles. The third kappa shape index (κ3) is 6.38. The van der Waals surface area contributed by atoms with Crippen LogP contribution < -0.4 is 10.1 Å². The first-order chi connectivity index (χ1) is 18.3. The lowest BCUT2D eigenvalue weighted by Crippen LogP contribution is -2.17. The minimum atomic E-state index is -0.530. The highest BCUT2D eigenvalue weighted by Gasteiger charge is 2.23. The van der Waals surface area contributed by atoms with Crippen LogP contribution in [0.15, 0.2) is 59.1 Å². The van der Waals surface area contributed by atoms with Crippen LogP contribution in [0.2, 0.25) is 5.02 Å². The summed E-state index contributed by atoms with van der Waals surface area (Å²) in [6.45, 7) is 6.54. The van der Waals surface area contributed by atoms with E-state index in [2.05, 4.69) is 15.5 Å². The number of nitrogens with one attached hydrogen (secondary N) is 1. The van der Waals surface area contributed by atoms with Crippen LogP contribution in [0.5, 0.6) is 5.75 Å². The maximum atomic E-state index is 12.9. The SMILES string of the molecule is CCn1c(SCC(=O)Nc2scc(-c3ccc(Cl)cc3)c2C(=O)OC)nnc1C(C)Oc1cccc(C)c1. The van der Waals surface area contributed by atoms with Gasteiger partial charge in [0.15, 0.2) is 17.1 Å². The number of ether oxygens (including phenoxy) is 2. The third-order valence-corrected chi connectivity index (χ3v) is 7.76. The van der Waals surface area contributed by atoms with E-state index in [1.165, 1.54) is 30.2 Å². The Hall–Kier alpha value is -3.34. The Morgan fingerprint density at radius 2 is 1.95 bits per heavy atom. The van der Waals surface area contributed by atoms with Crippen LogP contribution in [0.3, 0.4) is 0 Å². The van der Waals surface area contributed by atoms with E-state index in [9.17, 15) is 9.59 Å². The molecule has 1 N–H and O–H groups in total. The number of thioether (sulfide) groups is 1. The summed E-state index contributed by atoms with van der Waals surface area (Å²) in [5.41, 5.74) is 2.88. The molecule has 0 saturated carbocycles. The van der Waals surface area contributed by atoms with Gasteiger partial charge in [0.05, 0.1) is 12.9 Å². The van der Waals surface area contributed by atoms with Gasteiger partial charge in [0.25, 0.3) is 0 Å². The fraction of sp³-hybridized carbons (Fsp3) is 0.259. The number of carbonyl (C=O) groups excluding carboxylic acids is 2. The molecule has 0 spiro atoms. The average Bonchev–Trinajstić information content (AvgIpc) is 3.51. The number of aromatic nitrogens is 3. The Morgan fingerprint density at radius 3 is 2.63 bits per heavy atom. The Bertz CT molecular complexity index is 1440. The summed E-state index contributed by atoms with van der Waals surface area (Å²) < 4.78 is 13.0. The first-order valence-corrected chi connectivity index (χ1v) is 14.1. The van der Waals surface area contributed by atoms with Gasteiger partial charge in [-0.3, -0.25) is 4.79 Å². The van der Waals surface area contributed by atoms with Gasteiger partial charge < -0.3 is 19.4 Å². The number of aryl methyl sites for hydroxylation is 1. The molecule has 0 bridgehead atoms. The van der Waals surface area contributed by atoms with E-state index in [4.69, 9.17) is 21.1 Å². The number of methoxy groups -OCH3 is 1. The van der Waals surface area contributed by atoms with Crippen LogP contribution >= 0.6 is 34.7 Å². The van der Waals surface area contributed by atoms with Crippen molar-refractivity contribution in [2.45, 2.75) is 38.6 Å². The molecule has 8 nitrogen and oxygen atoms in total. The number of halogens is 1. The maximum Gasteiger partial charge on any atom is 0.341 e. The number of benzene rings is 2. The zero-order valence-corrected chi connectivity index (χ0v) is 23.7. The highest BCUT2D eigenvalue weighted by molar-refractivity contribution is 7.99. The summed E-state index contributed by atoms with van der Waals surface area (Å²) in [6.07, 6.45) is -0.326. The van der Waals surface area contributed by atoms with Crippen molar-refractivity contribution in [1.29, 1.82) is 0 Å². The van der Waals surface area contributed by atoms with E-state index in [0.29, 0.717) is 38.7 Å². The van der Waals surface area contributed by atoms with Crippen LogP contribution in [0, 0.1) is 6.92 Å². The number of thiophene rings is 1. The molecule has 2 heterocycles. The Labute approximate surface area is 234 Å². The summed E-state index contributed by atoms with van der Waals surface area (Å²) in [5.74, 6) is 0.709. The third-order valence-electron chi connectivity index (χ3n) is 5.65. The summed E-state index contributed by atoms with van der Waals surface area (Å²) in [4.78, 5) is 25.5. The number of nitrogens with zero attached hydrogens (tertiary/aromatic N) is 3. The highest BCUT2D eigenvalue weighted by Crippen LogP contribution is 2.37. The van der Waals surface area contributed by atoms with Gasteiger partial charge >= 0.3 is 5.97 Å². The van der Waals surface area contributed by atoms with E-state index >= 15 is 0 Å². The van der Waals surface area contributed by atoms with Crippen LogP contribution in [0.25, 0.3) is 11.1 Å². The molecule has 38 heavy (non-hydrogen) atoms. The second-order valence-corrected chi connectivity index (χ2v) is 10.6. The molecule has 0 radical (unpaired) electrons. The molecule has 2 aromatic heterocycles. The summed E-state index contributed by atoms with van der Waals surface area (Å²) in [5, 5.41) is 14.9. The van der Waals surface area contributed by atoms with Gasteiger partial charge in [-0.25, -0.2) is 4.79 Å². The van der Waals surface area contributed by atoms with Crippen molar-refractivity contribution >= 4 is 51.6 Å². The van der Waals surface area contributed by atoms with Crippen molar-refractivity contribution in [2.75, 3.05) is 18.2 Å². The topological polar surface area (TPSA) is 95.3 Å². The van der Waals surface area contributed by atoms with Crippen molar-refractivity contribution < 1.29 is 19.1 Å². The molecule has 198 valence electrons. The molecule has 2 aromatic carbocycles. The second kappa shape index (κ2) is 12.5. The molecule has 0 aliphatic rings. The zero-order valence-electron chi connectivity index (χ0n) is 21.4. The predicted octanol–water partition coefficient (Wildman–Crippen LogP) is 6.65. The number of anilines is 1. The lowest BCUT2D eigenvalue weighted by molar-refractivity contribution is -0.113. The molecule has 4 rings (SSSR count). The Morgan fingerprint density at radius 1 is 1.18 bits per heavy atom. The van der Waals surface area contributed by atoms with Gasteiger partial charge in [0, 0.05) is 22.5 Å². The summed E-state index contributed by atoms with van der Waals surface area (Å²) in [7, 11) is 1.31. The molecule has 11 heteroatoms. The minimum Gasteiger partial charge on any atom is -0.483 e. The van der Waals surface area contributed by atoms with Gasteiger partial charge in [-0.2, -0.15) is 0 Å². The van der Waals surface area contributed by atoms with E-state index < -0.39 is 5.97 Å². The summed E-state index contributed by atoms with van der Waals surface area (Å²) >= 11 is 8.53. The van der Waals surface area contributed by atoms with Gasteiger partial charge in [0.2, 0.25) is 5.91 Å². The first-order valence-electron chi connectivity index (χ1n) is 11.9. The van der Waals surface area contributed by atoms with Crippen LogP contribution in [-0.4, -0.2) is 39.5 Å². The Kier molecular flexibility index (Phi) is 9.09. The van der Waals surface area contributed by atoms with Crippen molar-refractivity contribution in [3.63, 3.8) is 0 Å². The molecule has 1 atom stereocenters. The number of rotatable bonds is 10. The monoisotopic (exact) mass is 570 g/mol. The van der Waals surface area contributed by atoms with Crippen molar-refractivity contribution in [3.05, 3.63) is 75.9 Å². The quantitative estimate of drug-likeness (QED) is 0.168. The fourth-order valence-corrected chi connectivity index (χ4v) is 5.75. The van der Waals surface area contributed by atoms with Crippen LogP contribution in [0.1, 0.15) is 41.7 Å². The molecular weight excluding hydrogens is 544 g/mol. The van der Waals surface area contributed by atoms with Crippen molar-refractivity contribution in [1.82, 2.24) is 14.8 Å². The number of carbonyl (C=O) groups is 2. The van der Waals surface area contributed by atoms with Gasteiger partial charge in [-0.1, -0.05) is 47.6 Å². The van der Waals surface area contributed by atoms with Crippen LogP contribution in [0.4, 0.5) is 5.00 Å². The first kappa shape index (κ1) is 27.7. The van der Waals surface area contributed by atoms with Gasteiger partial charge in [-0.15, -0.1) is 21.5 Å². The normalized spacial score (nSPS) is 11.7. The van der Waals surface area contributed by atoms with E-state index in [1.54, 1.807) is 12.1 Å². The maximum absolute atomic E-state index is 12.9. The second-order valence-electron chi connectivity index (χ2n) is 8.35. The smallest absolute Gasteiger partial charge is 0.341 e. The number of hydrogen-bond donors (Lipinski definition) is 1. The molecule has 1 amide bonds. The minimum absolute atomic E-state index is 0.0834. The van der Waals surface area contributed by atoms with Crippen molar-refractivity contribution in [2.24, 2.45) is 0 Å².